The van der Waals surface area contributed by atoms with Gasteiger partial charge in [0.15, 0.2) is 6.29 Å². The Bertz CT molecular complexity index is 325. The third-order valence-corrected chi connectivity index (χ3v) is 6.80. The number of hydrogen-bond acceptors (Lipinski definition) is 3. The van der Waals surface area contributed by atoms with Gasteiger partial charge in [0.2, 0.25) is 0 Å². The van der Waals surface area contributed by atoms with Crippen LogP contribution in [0.1, 0.15) is 168 Å². The van der Waals surface area contributed by atoms with Crippen molar-refractivity contribution < 1.29 is 14.6 Å². The molecule has 0 fully saturated rings. The molecule has 0 aliphatic heterocycles. The summed E-state index contributed by atoms with van der Waals surface area (Å²) in [7, 11) is 0. The second-order valence-corrected chi connectivity index (χ2v) is 10.2. The highest BCUT2D eigenvalue weighted by molar-refractivity contribution is 4.55. The van der Waals surface area contributed by atoms with Crippen LogP contribution in [-0.2, 0) is 9.47 Å². The first-order valence-electron chi connectivity index (χ1n) is 15.2. The molecule has 0 aliphatic carbocycles. The average molecular weight is 471 g/mol. The highest BCUT2D eigenvalue weighted by atomic mass is 16.7. The van der Waals surface area contributed by atoms with Gasteiger partial charge in [-0.1, -0.05) is 130 Å². The molecule has 0 radical (unpaired) electrons. The van der Waals surface area contributed by atoms with Crippen LogP contribution in [0.15, 0.2) is 0 Å². The molecule has 1 N–H and O–H groups in total. The molecule has 0 aromatic rings. The highest BCUT2D eigenvalue weighted by Gasteiger charge is 2.09. The molecular weight excluding hydrogens is 408 g/mol. The monoisotopic (exact) mass is 470 g/mol. The Labute approximate surface area is 208 Å². The Hall–Kier alpha value is -0.120. The van der Waals surface area contributed by atoms with Crippen molar-refractivity contribution >= 4 is 0 Å². The van der Waals surface area contributed by atoms with Crippen LogP contribution in [0.5, 0.6) is 0 Å². The molecule has 0 aliphatic rings. The lowest BCUT2D eigenvalue weighted by Gasteiger charge is -2.19. The first-order valence-corrected chi connectivity index (χ1v) is 15.2. The van der Waals surface area contributed by atoms with Crippen molar-refractivity contribution in [2.45, 2.75) is 181 Å². The number of rotatable bonds is 28. The molecule has 33 heavy (non-hydrogen) atoms. The van der Waals surface area contributed by atoms with Crippen molar-refractivity contribution in [1.29, 1.82) is 0 Å². The van der Waals surface area contributed by atoms with Crippen molar-refractivity contribution in [3.05, 3.63) is 0 Å². The summed E-state index contributed by atoms with van der Waals surface area (Å²) in [5.74, 6) is 0. The smallest absolute Gasteiger partial charge is 0.157 e. The Morgan fingerprint density at radius 3 is 1.24 bits per heavy atom. The molecule has 0 aromatic heterocycles. The van der Waals surface area contributed by atoms with Crippen molar-refractivity contribution in [3.8, 4) is 0 Å². The maximum Gasteiger partial charge on any atom is 0.157 e. The number of aliphatic hydroxyl groups is 1. The predicted molar refractivity (Wildman–Crippen MR) is 145 cm³/mol. The fourth-order valence-electron chi connectivity index (χ4n) is 4.36. The van der Waals surface area contributed by atoms with E-state index >= 15 is 0 Å². The summed E-state index contributed by atoms with van der Waals surface area (Å²) < 4.78 is 12.3. The summed E-state index contributed by atoms with van der Waals surface area (Å²) >= 11 is 0. The summed E-state index contributed by atoms with van der Waals surface area (Å²) in [5.41, 5.74) is 0. The van der Waals surface area contributed by atoms with Gasteiger partial charge in [-0.25, -0.2) is 0 Å². The molecule has 3 nitrogen and oxygen atoms in total. The van der Waals surface area contributed by atoms with Crippen LogP contribution in [0.25, 0.3) is 0 Å². The van der Waals surface area contributed by atoms with Gasteiger partial charge in [-0.05, 0) is 38.5 Å². The van der Waals surface area contributed by atoms with Gasteiger partial charge >= 0.3 is 0 Å². The van der Waals surface area contributed by atoms with E-state index in [1.807, 2.05) is 0 Å². The van der Waals surface area contributed by atoms with Gasteiger partial charge < -0.3 is 14.6 Å². The summed E-state index contributed by atoms with van der Waals surface area (Å²) in [5, 5.41) is 9.69. The Balaban J connectivity index is 3.88. The minimum Gasteiger partial charge on any atom is -0.393 e. The SMILES string of the molecule is CCCCCCCCCCOC(CCCCCCC(O)CC)OCCCCCCCCCC. The van der Waals surface area contributed by atoms with Crippen LogP contribution in [0.2, 0.25) is 0 Å². The van der Waals surface area contributed by atoms with Gasteiger partial charge in [0.1, 0.15) is 0 Å². The van der Waals surface area contributed by atoms with Gasteiger partial charge in [-0.2, -0.15) is 0 Å². The van der Waals surface area contributed by atoms with E-state index < -0.39 is 0 Å². The van der Waals surface area contributed by atoms with Gasteiger partial charge in [0, 0.05) is 13.2 Å². The van der Waals surface area contributed by atoms with E-state index in [4.69, 9.17) is 9.47 Å². The predicted octanol–water partition coefficient (Wildman–Crippen LogP) is 9.74. The largest absolute Gasteiger partial charge is 0.393 e. The third kappa shape index (κ3) is 26.3. The zero-order valence-electron chi connectivity index (χ0n) is 23.1. The zero-order valence-corrected chi connectivity index (χ0v) is 23.1. The van der Waals surface area contributed by atoms with Crippen LogP contribution in [0.3, 0.4) is 0 Å². The van der Waals surface area contributed by atoms with E-state index in [9.17, 15) is 5.11 Å². The molecule has 1 unspecified atom stereocenters. The molecule has 0 rings (SSSR count). The molecule has 3 heteroatoms. The van der Waals surface area contributed by atoms with E-state index in [-0.39, 0.29) is 12.4 Å². The van der Waals surface area contributed by atoms with Gasteiger partial charge in [-0.3, -0.25) is 0 Å². The molecular formula is C30H62O3. The maximum atomic E-state index is 9.69. The minimum atomic E-state index is -0.109. The number of ether oxygens (including phenoxy) is 2. The average Bonchev–Trinajstić information content (AvgIpc) is 2.83. The van der Waals surface area contributed by atoms with Gasteiger partial charge in [-0.15, -0.1) is 0 Å². The number of unbranched alkanes of at least 4 members (excludes halogenated alkanes) is 17. The molecule has 0 amide bonds. The zero-order chi connectivity index (χ0) is 24.2. The standard InChI is InChI=1S/C30H62O3/c1-4-7-9-11-13-15-19-23-27-32-30(26-22-18-17-21-25-29(31)6-3)33-28-24-20-16-14-12-10-8-5-2/h29-31H,4-28H2,1-3H3. The van der Waals surface area contributed by atoms with Crippen LogP contribution in [0, 0.1) is 0 Å². The molecule has 0 saturated carbocycles. The Kier molecular flexibility index (Phi) is 28.0. The summed E-state index contributed by atoms with van der Waals surface area (Å²) in [6.07, 6.45) is 28.8. The van der Waals surface area contributed by atoms with Crippen molar-refractivity contribution in [3.63, 3.8) is 0 Å². The van der Waals surface area contributed by atoms with Crippen LogP contribution < -0.4 is 0 Å². The molecule has 200 valence electrons. The lowest BCUT2D eigenvalue weighted by Crippen LogP contribution is -2.19. The normalized spacial score (nSPS) is 12.6. The van der Waals surface area contributed by atoms with Crippen LogP contribution in [-0.4, -0.2) is 30.7 Å². The highest BCUT2D eigenvalue weighted by Crippen LogP contribution is 2.15. The maximum absolute atomic E-state index is 9.69. The van der Waals surface area contributed by atoms with E-state index in [1.165, 1.54) is 122 Å². The number of hydrogen-bond donors (Lipinski definition) is 1. The van der Waals surface area contributed by atoms with Crippen molar-refractivity contribution in [1.82, 2.24) is 0 Å². The van der Waals surface area contributed by atoms with Gasteiger partial charge in [0.05, 0.1) is 6.10 Å². The fourth-order valence-corrected chi connectivity index (χ4v) is 4.36. The Morgan fingerprint density at radius 2 is 0.818 bits per heavy atom. The van der Waals surface area contributed by atoms with E-state index in [1.54, 1.807) is 0 Å². The van der Waals surface area contributed by atoms with Gasteiger partial charge in [0.25, 0.3) is 0 Å². The summed E-state index contributed by atoms with van der Waals surface area (Å²) in [6.45, 7) is 8.31. The molecule has 1 atom stereocenters. The summed E-state index contributed by atoms with van der Waals surface area (Å²) in [4.78, 5) is 0. The first-order chi connectivity index (χ1) is 16.2. The lowest BCUT2D eigenvalue weighted by molar-refractivity contribution is -0.148. The Morgan fingerprint density at radius 1 is 0.455 bits per heavy atom. The lowest BCUT2D eigenvalue weighted by atomic mass is 10.1. The fraction of sp³-hybridized carbons (Fsp3) is 1.00. The quantitative estimate of drug-likeness (QED) is 0.0913. The third-order valence-electron chi connectivity index (χ3n) is 6.80. The van der Waals surface area contributed by atoms with Crippen molar-refractivity contribution in [2.24, 2.45) is 0 Å². The van der Waals surface area contributed by atoms with E-state index in [0.717, 1.165) is 38.9 Å². The van der Waals surface area contributed by atoms with E-state index in [0.29, 0.717) is 0 Å². The van der Waals surface area contributed by atoms with Crippen LogP contribution >= 0.6 is 0 Å². The first kappa shape index (κ1) is 32.9. The molecule has 0 bridgehead atoms. The van der Waals surface area contributed by atoms with E-state index in [2.05, 4.69) is 20.8 Å². The number of aliphatic hydroxyl groups excluding tert-OH is 1. The molecule has 0 saturated heterocycles. The van der Waals surface area contributed by atoms with Crippen molar-refractivity contribution in [2.75, 3.05) is 13.2 Å². The second kappa shape index (κ2) is 28.1. The molecule has 0 spiro atoms. The topological polar surface area (TPSA) is 38.7 Å². The molecule has 0 heterocycles. The minimum absolute atomic E-state index is 0.0136. The van der Waals surface area contributed by atoms with Crippen LogP contribution in [0.4, 0.5) is 0 Å². The molecule has 0 aromatic carbocycles. The summed E-state index contributed by atoms with van der Waals surface area (Å²) in [6, 6.07) is 0. The second-order valence-electron chi connectivity index (χ2n) is 10.2.